The minimum atomic E-state index is -0.392. The smallest absolute Gasteiger partial charge is 0.288 e. The number of nitrogens with zero attached hydrogens (tertiary/aromatic N) is 2. The van der Waals surface area contributed by atoms with Crippen LogP contribution < -0.4 is 5.32 Å². The number of amides is 1. The van der Waals surface area contributed by atoms with Gasteiger partial charge >= 0.3 is 0 Å². The molecule has 0 spiro atoms. The molecule has 1 aromatic heterocycles. The van der Waals surface area contributed by atoms with Gasteiger partial charge in [-0.25, -0.2) is 4.98 Å². The highest BCUT2D eigenvalue weighted by Gasteiger charge is 2.24. The van der Waals surface area contributed by atoms with Crippen LogP contribution in [-0.2, 0) is 0 Å². The summed E-state index contributed by atoms with van der Waals surface area (Å²) < 4.78 is 1.39. The molecule has 0 aliphatic heterocycles. The molecule has 5 nitrogen and oxygen atoms in total. The zero-order valence-electron chi connectivity index (χ0n) is 15.4. The largest absolute Gasteiger partial charge is 0.343 e. The van der Waals surface area contributed by atoms with Crippen molar-refractivity contribution in [1.29, 1.82) is 0 Å². The molecule has 0 aliphatic carbocycles. The summed E-state index contributed by atoms with van der Waals surface area (Å²) in [6.45, 7) is 1.90. The third kappa shape index (κ3) is 3.30. The molecule has 5 heteroatoms. The topological polar surface area (TPSA) is 64.0 Å². The molecule has 28 heavy (non-hydrogen) atoms. The van der Waals surface area contributed by atoms with Gasteiger partial charge in [0.1, 0.15) is 0 Å². The van der Waals surface area contributed by atoms with Crippen molar-refractivity contribution in [3.8, 4) is 0 Å². The van der Waals surface area contributed by atoms with Crippen molar-refractivity contribution in [3.05, 3.63) is 102 Å². The first-order valence-corrected chi connectivity index (χ1v) is 9.08. The Kier molecular flexibility index (Phi) is 4.72. The highest BCUT2D eigenvalue weighted by atomic mass is 16.2. The van der Waals surface area contributed by atoms with E-state index in [1.54, 1.807) is 36.4 Å². The molecule has 4 rings (SSSR count). The molecule has 3 aromatic carbocycles. The average molecular weight is 369 g/mol. The van der Waals surface area contributed by atoms with Crippen molar-refractivity contribution >= 4 is 22.8 Å². The predicted molar refractivity (Wildman–Crippen MR) is 108 cm³/mol. The number of hydrogen-bond acceptors (Lipinski definition) is 3. The van der Waals surface area contributed by atoms with Crippen LogP contribution in [0.25, 0.3) is 11.0 Å². The molecule has 1 heterocycles. The van der Waals surface area contributed by atoms with Crippen molar-refractivity contribution in [2.75, 3.05) is 0 Å². The molecule has 0 saturated heterocycles. The zero-order valence-corrected chi connectivity index (χ0v) is 15.4. The van der Waals surface area contributed by atoms with Gasteiger partial charge in [0.15, 0.2) is 0 Å². The number of aromatic nitrogens is 2. The van der Waals surface area contributed by atoms with E-state index in [-0.39, 0.29) is 17.8 Å². The zero-order chi connectivity index (χ0) is 19.5. The van der Waals surface area contributed by atoms with Crippen LogP contribution >= 0.6 is 0 Å². The number of para-hydroxylation sites is 2. The van der Waals surface area contributed by atoms with Crippen molar-refractivity contribution in [2.24, 2.45) is 0 Å². The van der Waals surface area contributed by atoms with Crippen LogP contribution in [0.1, 0.15) is 39.5 Å². The maximum Gasteiger partial charge on any atom is 0.288 e. The van der Waals surface area contributed by atoms with Gasteiger partial charge in [-0.3, -0.25) is 14.2 Å². The summed E-state index contributed by atoms with van der Waals surface area (Å²) in [6, 6.07) is 25.6. The Balaban J connectivity index is 1.74. The number of benzene rings is 3. The van der Waals surface area contributed by atoms with Gasteiger partial charge in [0.2, 0.25) is 5.82 Å². The van der Waals surface area contributed by atoms with E-state index < -0.39 is 5.91 Å². The standard InChI is InChI=1S/C23H19N3O2/c1-16(17-10-4-2-5-11-17)24-22(27)21-25-19-14-8-9-15-20(19)26(21)23(28)18-12-6-3-7-13-18/h2-16H,1H3,(H,24,27). The number of hydrogen-bond donors (Lipinski definition) is 1. The molecule has 0 radical (unpaired) electrons. The van der Waals surface area contributed by atoms with Gasteiger partial charge in [-0.05, 0) is 36.8 Å². The van der Waals surface area contributed by atoms with Gasteiger partial charge in [0.25, 0.3) is 11.8 Å². The van der Waals surface area contributed by atoms with E-state index in [1.807, 2.05) is 55.5 Å². The van der Waals surface area contributed by atoms with Crippen molar-refractivity contribution in [3.63, 3.8) is 0 Å². The Labute approximate surface area is 162 Å². The number of imidazole rings is 1. The molecule has 1 atom stereocenters. The van der Waals surface area contributed by atoms with Gasteiger partial charge in [-0.2, -0.15) is 0 Å². The third-order valence-corrected chi connectivity index (χ3v) is 4.63. The molecule has 138 valence electrons. The maximum atomic E-state index is 13.1. The fraction of sp³-hybridized carbons (Fsp3) is 0.0870. The molecule has 1 amide bonds. The summed E-state index contributed by atoms with van der Waals surface area (Å²) in [7, 11) is 0. The third-order valence-electron chi connectivity index (χ3n) is 4.63. The Morgan fingerprint density at radius 2 is 1.46 bits per heavy atom. The number of rotatable bonds is 4. The van der Waals surface area contributed by atoms with Gasteiger partial charge in [0.05, 0.1) is 17.1 Å². The highest BCUT2D eigenvalue weighted by Crippen LogP contribution is 2.19. The summed E-state index contributed by atoms with van der Waals surface area (Å²) in [4.78, 5) is 30.6. The summed E-state index contributed by atoms with van der Waals surface area (Å²) >= 11 is 0. The summed E-state index contributed by atoms with van der Waals surface area (Å²) in [5, 5.41) is 2.95. The quantitative estimate of drug-likeness (QED) is 0.586. The van der Waals surface area contributed by atoms with Crippen LogP contribution in [0.5, 0.6) is 0 Å². The van der Waals surface area contributed by atoms with E-state index in [2.05, 4.69) is 10.3 Å². The minimum Gasteiger partial charge on any atom is -0.343 e. The second kappa shape index (κ2) is 7.48. The molecule has 0 aliphatic rings. The summed E-state index contributed by atoms with van der Waals surface area (Å²) in [6.07, 6.45) is 0. The van der Waals surface area contributed by atoms with E-state index in [9.17, 15) is 9.59 Å². The minimum absolute atomic E-state index is 0.0813. The van der Waals surface area contributed by atoms with Crippen LogP contribution in [0.2, 0.25) is 0 Å². The molecule has 0 fully saturated rings. The molecular formula is C23H19N3O2. The molecule has 1 unspecified atom stereocenters. The molecule has 1 N–H and O–H groups in total. The monoisotopic (exact) mass is 369 g/mol. The van der Waals surface area contributed by atoms with E-state index >= 15 is 0 Å². The van der Waals surface area contributed by atoms with E-state index in [0.29, 0.717) is 16.6 Å². The van der Waals surface area contributed by atoms with E-state index in [1.165, 1.54) is 4.57 Å². The van der Waals surface area contributed by atoms with Gasteiger partial charge in [0, 0.05) is 5.56 Å². The fourth-order valence-corrected chi connectivity index (χ4v) is 3.18. The highest BCUT2D eigenvalue weighted by molar-refractivity contribution is 6.07. The Morgan fingerprint density at radius 3 is 2.18 bits per heavy atom. The van der Waals surface area contributed by atoms with Crippen LogP contribution in [-0.4, -0.2) is 21.4 Å². The van der Waals surface area contributed by atoms with Crippen molar-refractivity contribution in [1.82, 2.24) is 14.9 Å². The first kappa shape index (κ1) is 17.7. The molecule has 4 aromatic rings. The van der Waals surface area contributed by atoms with Crippen LogP contribution in [0.15, 0.2) is 84.9 Å². The fourth-order valence-electron chi connectivity index (χ4n) is 3.18. The van der Waals surface area contributed by atoms with Crippen molar-refractivity contribution < 1.29 is 9.59 Å². The lowest BCUT2D eigenvalue weighted by Gasteiger charge is -2.14. The van der Waals surface area contributed by atoms with Gasteiger partial charge in [-0.1, -0.05) is 60.7 Å². The average Bonchev–Trinajstić information content (AvgIpc) is 3.14. The van der Waals surface area contributed by atoms with Gasteiger partial charge in [-0.15, -0.1) is 0 Å². The second-order valence-electron chi connectivity index (χ2n) is 6.54. The number of carbonyl (C=O) groups excluding carboxylic acids is 2. The Hall–Kier alpha value is -3.73. The maximum absolute atomic E-state index is 13.1. The number of fused-ring (bicyclic) bond motifs is 1. The predicted octanol–water partition coefficient (Wildman–Crippen LogP) is 4.22. The number of nitrogens with one attached hydrogen (secondary N) is 1. The summed E-state index contributed by atoms with van der Waals surface area (Å²) in [5.41, 5.74) is 2.68. The molecular weight excluding hydrogens is 350 g/mol. The lowest BCUT2D eigenvalue weighted by atomic mass is 10.1. The number of carbonyl (C=O) groups is 2. The summed E-state index contributed by atoms with van der Waals surface area (Å²) in [5.74, 6) is -0.596. The normalized spacial score (nSPS) is 11.9. The van der Waals surface area contributed by atoms with E-state index in [0.717, 1.165) is 5.56 Å². The first-order chi connectivity index (χ1) is 13.6. The van der Waals surface area contributed by atoms with E-state index in [4.69, 9.17) is 0 Å². The second-order valence-corrected chi connectivity index (χ2v) is 6.54. The first-order valence-electron chi connectivity index (χ1n) is 9.08. The SMILES string of the molecule is CC(NC(=O)c1nc2ccccc2n1C(=O)c1ccccc1)c1ccccc1. The Bertz CT molecular complexity index is 1130. The lowest BCUT2D eigenvalue weighted by Crippen LogP contribution is -2.31. The molecule has 0 saturated carbocycles. The molecule has 0 bridgehead atoms. The van der Waals surface area contributed by atoms with Crippen LogP contribution in [0.3, 0.4) is 0 Å². The van der Waals surface area contributed by atoms with Crippen LogP contribution in [0, 0.1) is 0 Å². The lowest BCUT2D eigenvalue weighted by molar-refractivity contribution is 0.0890. The van der Waals surface area contributed by atoms with Gasteiger partial charge < -0.3 is 5.32 Å². The van der Waals surface area contributed by atoms with Crippen molar-refractivity contribution in [2.45, 2.75) is 13.0 Å². The van der Waals surface area contributed by atoms with Crippen LogP contribution in [0.4, 0.5) is 0 Å². The Morgan fingerprint density at radius 1 is 0.857 bits per heavy atom.